The zero-order valence-electron chi connectivity index (χ0n) is 12.3. The summed E-state index contributed by atoms with van der Waals surface area (Å²) in [6.07, 6.45) is 5.41. The lowest BCUT2D eigenvalue weighted by atomic mass is 10.2. The number of rotatable bonds is 7. The highest BCUT2D eigenvalue weighted by Gasteiger charge is 2.20. The van der Waals surface area contributed by atoms with E-state index in [1.807, 2.05) is 0 Å². The minimum atomic E-state index is -0.350. The Balaban J connectivity index is 1.94. The second kappa shape index (κ2) is 8.05. The van der Waals surface area contributed by atoms with Gasteiger partial charge in [0.1, 0.15) is 5.82 Å². The number of carbonyl (C=O) groups is 1. The molecule has 0 N–H and O–H groups in total. The standard InChI is InChI=1S/C15H21FN2O3/c1-20-15(19)4-5-18(11-14-3-2-6-21-14)10-12-7-13(16)9-17-8-12/h7-9,14H,2-6,10-11H2,1H3. The molecule has 1 aliphatic rings. The summed E-state index contributed by atoms with van der Waals surface area (Å²) in [5.41, 5.74) is 0.790. The fourth-order valence-electron chi connectivity index (χ4n) is 2.46. The molecule has 1 fully saturated rings. The second-order valence-corrected chi connectivity index (χ2v) is 5.21. The first-order valence-corrected chi connectivity index (χ1v) is 7.17. The summed E-state index contributed by atoms with van der Waals surface area (Å²) in [4.78, 5) is 17.3. The lowest BCUT2D eigenvalue weighted by Gasteiger charge is -2.24. The second-order valence-electron chi connectivity index (χ2n) is 5.21. The molecule has 1 aromatic heterocycles. The highest BCUT2D eigenvalue weighted by Crippen LogP contribution is 2.15. The molecule has 0 saturated carbocycles. The molecule has 1 atom stereocenters. The Labute approximate surface area is 124 Å². The molecule has 0 bridgehead atoms. The number of aromatic nitrogens is 1. The molecule has 5 nitrogen and oxygen atoms in total. The van der Waals surface area contributed by atoms with Crippen LogP contribution in [-0.4, -0.2) is 48.8 Å². The summed E-state index contributed by atoms with van der Waals surface area (Å²) in [5.74, 6) is -0.595. The van der Waals surface area contributed by atoms with E-state index in [1.165, 1.54) is 19.4 Å². The summed E-state index contributed by atoms with van der Waals surface area (Å²) < 4.78 is 23.5. The Bertz CT molecular complexity index is 464. The van der Waals surface area contributed by atoms with Gasteiger partial charge in [0.2, 0.25) is 0 Å². The molecule has 0 aliphatic carbocycles. The number of pyridine rings is 1. The lowest BCUT2D eigenvalue weighted by molar-refractivity contribution is -0.141. The molecule has 1 aliphatic heterocycles. The van der Waals surface area contributed by atoms with Crippen LogP contribution < -0.4 is 0 Å². The molecule has 0 spiro atoms. The van der Waals surface area contributed by atoms with E-state index in [0.29, 0.717) is 19.5 Å². The van der Waals surface area contributed by atoms with Crippen molar-refractivity contribution >= 4 is 5.97 Å². The third-order valence-electron chi connectivity index (χ3n) is 3.51. The summed E-state index contributed by atoms with van der Waals surface area (Å²) in [7, 11) is 1.38. The third kappa shape index (κ3) is 5.40. The number of ether oxygens (including phenoxy) is 2. The average Bonchev–Trinajstić information content (AvgIpc) is 2.97. The van der Waals surface area contributed by atoms with E-state index in [4.69, 9.17) is 4.74 Å². The van der Waals surface area contributed by atoms with E-state index in [9.17, 15) is 9.18 Å². The molecule has 116 valence electrons. The molecular formula is C15H21FN2O3. The van der Waals surface area contributed by atoms with Crippen molar-refractivity contribution < 1.29 is 18.7 Å². The maximum absolute atomic E-state index is 13.2. The number of esters is 1. The van der Waals surface area contributed by atoms with Crippen molar-refractivity contribution in [2.24, 2.45) is 0 Å². The van der Waals surface area contributed by atoms with E-state index < -0.39 is 0 Å². The van der Waals surface area contributed by atoms with E-state index in [-0.39, 0.29) is 17.9 Å². The van der Waals surface area contributed by atoms with Gasteiger partial charge in [0.15, 0.2) is 0 Å². The Kier molecular flexibility index (Phi) is 6.07. The van der Waals surface area contributed by atoms with Gasteiger partial charge in [0.25, 0.3) is 0 Å². The molecule has 1 aromatic rings. The zero-order chi connectivity index (χ0) is 15.1. The largest absolute Gasteiger partial charge is 0.469 e. The first-order chi connectivity index (χ1) is 10.2. The molecule has 21 heavy (non-hydrogen) atoms. The van der Waals surface area contributed by atoms with Gasteiger partial charge in [-0.25, -0.2) is 4.39 Å². The smallest absolute Gasteiger partial charge is 0.306 e. The van der Waals surface area contributed by atoms with Crippen molar-refractivity contribution in [2.45, 2.75) is 31.9 Å². The van der Waals surface area contributed by atoms with Gasteiger partial charge in [0.05, 0.1) is 25.8 Å². The number of hydrogen-bond acceptors (Lipinski definition) is 5. The van der Waals surface area contributed by atoms with Crippen LogP contribution in [0.5, 0.6) is 0 Å². The van der Waals surface area contributed by atoms with Gasteiger partial charge in [-0.05, 0) is 24.5 Å². The topological polar surface area (TPSA) is 51.7 Å². The predicted octanol–water partition coefficient (Wildman–Crippen LogP) is 1.76. The Morgan fingerprint density at radius 1 is 1.57 bits per heavy atom. The number of methoxy groups -OCH3 is 1. The van der Waals surface area contributed by atoms with Crippen LogP contribution in [0, 0.1) is 5.82 Å². The maximum atomic E-state index is 13.2. The van der Waals surface area contributed by atoms with Crippen LogP contribution in [0.2, 0.25) is 0 Å². The fourth-order valence-corrected chi connectivity index (χ4v) is 2.46. The number of hydrogen-bond donors (Lipinski definition) is 0. The number of nitrogens with zero attached hydrogens (tertiary/aromatic N) is 2. The lowest BCUT2D eigenvalue weighted by Crippen LogP contribution is -2.33. The summed E-state index contributed by atoms with van der Waals surface area (Å²) in [6.45, 7) is 2.62. The molecular weight excluding hydrogens is 275 g/mol. The number of halogens is 1. The molecule has 0 radical (unpaired) electrons. The van der Waals surface area contributed by atoms with Gasteiger partial charge in [-0.1, -0.05) is 0 Å². The zero-order valence-corrected chi connectivity index (χ0v) is 12.3. The van der Waals surface area contributed by atoms with Crippen LogP contribution in [-0.2, 0) is 20.8 Å². The molecule has 6 heteroatoms. The van der Waals surface area contributed by atoms with Crippen molar-refractivity contribution in [3.8, 4) is 0 Å². The van der Waals surface area contributed by atoms with Gasteiger partial charge in [0, 0.05) is 32.4 Å². The first-order valence-electron chi connectivity index (χ1n) is 7.17. The highest BCUT2D eigenvalue weighted by molar-refractivity contribution is 5.69. The van der Waals surface area contributed by atoms with Crippen molar-refractivity contribution in [1.82, 2.24) is 9.88 Å². The fraction of sp³-hybridized carbons (Fsp3) is 0.600. The molecule has 1 saturated heterocycles. The highest BCUT2D eigenvalue weighted by atomic mass is 19.1. The quantitative estimate of drug-likeness (QED) is 0.718. The number of carbonyl (C=O) groups excluding carboxylic acids is 1. The van der Waals surface area contributed by atoms with Gasteiger partial charge < -0.3 is 9.47 Å². The molecule has 0 amide bonds. The normalized spacial score (nSPS) is 18.1. The minimum Gasteiger partial charge on any atom is -0.469 e. The van der Waals surface area contributed by atoms with Crippen molar-refractivity contribution in [3.63, 3.8) is 0 Å². The van der Waals surface area contributed by atoms with Crippen LogP contribution in [0.1, 0.15) is 24.8 Å². The van der Waals surface area contributed by atoms with Crippen molar-refractivity contribution in [1.29, 1.82) is 0 Å². The van der Waals surface area contributed by atoms with Gasteiger partial charge >= 0.3 is 5.97 Å². The van der Waals surface area contributed by atoms with Crippen LogP contribution in [0.15, 0.2) is 18.5 Å². The summed E-state index contributed by atoms with van der Waals surface area (Å²) in [5, 5.41) is 0. The Morgan fingerprint density at radius 3 is 3.10 bits per heavy atom. The predicted molar refractivity (Wildman–Crippen MR) is 75.1 cm³/mol. The maximum Gasteiger partial charge on any atom is 0.306 e. The molecule has 2 rings (SSSR count). The molecule has 0 aromatic carbocycles. The van der Waals surface area contributed by atoms with Crippen LogP contribution in [0.4, 0.5) is 4.39 Å². The molecule has 2 heterocycles. The molecule has 1 unspecified atom stereocenters. The van der Waals surface area contributed by atoms with E-state index in [2.05, 4.69) is 14.6 Å². The van der Waals surface area contributed by atoms with Gasteiger partial charge in [-0.3, -0.25) is 14.7 Å². The Morgan fingerprint density at radius 2 is 2.43 bits per heavy atom. The Hall–Kier alpha value is -1.53. The van der Waals surface area contributed by atoms with E-state index in [0.717, 1.165) is 31.6 Å². The van der Waals surface area contributed by atoms with Crippen molar-refractivity contribution in [3.05, 3.63) is 29.8 Å². The van der Waals surface area contributed by atoms with E-state index in [1.54, 1.807) is 6.20 Å². The van der Waals surface area contributed by atoms with Gasteiger partial charge in [-0.15, -0.1) is 0 Å². The van der Waals surface area contributed by atoms with Crippen LogP contribution in [0.25, 0.3) is 0 Å². The summed E-state index contributed by atoms with van der Waals surface area (Å²) >= 11 is 0. The minimum absolute atomic E-state index is 0.184. The van der Waals surface area contributed by atoms with Gasteiger partial charge in [-0.2, -0.15) is 0 Å². The third-order valence-corrected chi connectivity index (χ3v) is 3.51. The van der Waals surface area contributed by atoms with Crippen LogP contribution in [0.3, 0.4) is 0 Å². The SMILES string of the molecule is COC(=O)CCN(Cc1cncc(F)c1)CC1CCCO1. The monoisotopic (exact) mass is 296 g/mol. The van der Waals surface area contributed by atoms with Crippen molar-refractivity contribution in [2.75, 3.05) is 26.8 Å². The van der Waals surface area contributed by atoms with E-state index >= 15 is 0 Å². The summed E-state index contributed by atoms with van der Waals surface area (Å²) in [6, 6.07) is 1.47. The first kappa shape index (κ1) is 15.9. The van der Waals surface area contributed by atoms with Crippen LogP contribution >= 0.6 is 0 Å². The average molecular weight is 296 g/mol.